The SMILES string of the molecule is CCO[C@H](C)C(=O)N(C)C1CCN(c2ccc(OC)cc2)CC1. The van der Waals surface area contributed by atoms with Crippen LogP contribution < -0.4 is 9.64 Å². The lowest BCUT2D eigenvalue weighted by Crippen LogP contribution is -2.48. The van der Waals surface area contributed by atoms with Crippen LogP contribution in [0, 0.1) is 0 Å². The smallest absolute Gasteiger partial charge is 0.251 e. The number of methoxy groups -OCH3 is 1. The number of ether oxygens (including phenoxy) is 2. The first-order valence-corrected chi connectivity index (χ1v) is 8.34. The molecular formula is C18H28N2O3. The minimum absolute atomic E-state index is 0.0785. The van der Waals surface area contributed by atoms with E-state index in [9.17, 15) is 4.79 Å². The predicted octanol–water partition coefficient (Wildman–Crippen LogP) is 2.55. The van der Waals surface area contributed by atoms with Crippen LogP contribution in [0.1, 0.15) is 26.7 Å². The molecule has 128 valence electrons. The van der Waals surface area contributed by atoms with Gasteiger partial charge in [0, 0.05) is 38.5 Å². The lowest BCUT2D eigenvalue weighted by atomic mass is 10.0. The Morgan fingerprint density at radius 2 is 1.91 bits per heavy atom. The fraction of sp³-hybridized carbons (Fsp3) is 0.611. The Kier molecular flexibility index (Phi) is 6.28. The molecule has 0 aromatic heterocycles. The van der Waals surface area contributed by atoms with Gasteiger partial charge < -0.3 is 19.3 Å². The molecule has 0 N–H and O–H groups in total. The molecule has 1 atom stereocenters. The van der Waals surface area contributed by atoms with Crippen molar-refractivity contribution in [3.05, 3.63) is 24.3 Å². The van der Waals surface area contributed by atoms with Crippen molar-refractivity contribution in [2.75, 3.05) is 38.8 Å². The summed E-state index contributed by atoms with van der Waals surface area (Å²) in [5, 5.41) is 0. The molecule has 5 nitrogen and oxygen atoms in total. The van der Waals surface area contributed by atoms with Crippen LogP contribution in [0.2, 0.25) is 0 Å². The lowest BCUT2D eigenvalue weighted by Gasteiger charge is -2.38. The average molecular weight is 320 g/mol. The molecule has 0 bridgehead atoms. The minimum atomic E-state index is -0.357. The molecule has 0 unspecified atom stereocenters. The van der Waals surface area contributed by atoms with Crippen molar-refractivity contribution in [1.82, 2.24) is 4.90 Å². The number of anilines is 1. The highest BCUT2D eigenvalue weighted by atomic mass is 16.5. The number of benzene rings is 1. The van der Waals surface area contributed by atoms with E-state index in [1.54, 1.807) is 7.11 Å². The van der Waals surface area contributed by atoms with Gasteiger partial charge in [0.25, 0.3) is 5.91 Å². The van der Waals surface area contributed by atoms with Crippen LogP contribution in [0.3, 0.4) is 0 Å². The van der Waals surface area contributed by atoms with Gasteiger partial charge in [0.05, 0.1) is 7.11 Å². The van der Waals surface area contributed by atoms with Crippen LogP contribution in [-0.4, -0.2) is 56.8 Å². The zero-order valence-electron chi connectivity index (χ0n) is 14.6. The molecule has 1 aromatic carbocycles. The fourth-order valence-electron chi connectivity index (χ4n) is 3.09. The van der Waals surface area contributed by atoms with E-state index in [1.165, 1.54) is 5.69 Å². The Balaban J connectivity index is 1.88. The van der Waals surface area contributed by atoms with Crippen molar-refractivity contribution in [2.45, 2.75) is 38.8 Å². The lowest BCUT2D eigenvalue weighted by molar-refractivity contribution is -0.143. The number of rotatable bonds is 6. The molecule has 0 radical (unpaired) electrons. The van der Waals surface area contributed by atoms with Crippen LogP contribution in [-0.2, 0) is 9.53 Å². The maximum atomic E-state index is 12.3. The molecule has 1 aromatic rings. The fourth-order valence-corrected chi connectivity index (χ4v) is 3.09. The third-order valence-electron chi connectivity index (χ3n) is 4.56. The van der Waals surface area contributed by atoms with Crippen LogP contribution in [0.15, 0.2) is 24.3 Å². The number of hydrogen-bond acceptors (Lipinski definition) is 4. The molecule has 1 aliphatic rings. The van der Waals surface area contributed by atoms with Crippen LogP contribution in [0.5, 0.6) is 5.75 Å². The number of likely N-dealkylation sites (N-methyl/N-ethyl adjacent to an activating group) is 1. The summed E-state index contributed by atoms with van der Waals surface area (Å²) in [5.74, 6) is 0.952. The molecule has 1 heterocycles. The summed E-state index contributed by atoms with van der Waals surface area (Å²) in [6, 6.07) is 8.44. The maximum Gasteiger partial charge on any atom is 0.251 e. The van der Waals surface area contributed by atoms with Crippen molar-refractivity contribution in [2.24, 2.45) is 0 Å². The number of piperidine rings is 1. The van der Waals surface area contributed by atoms with Crippen molar-refractivity contribution >= 4 is 11.6 Å². The van der Waals surface area contributed by atoms with Gasteiger partial charge >= 0.3 is 0 Å². The highest BCUT2D eigenvalue weighted by Gasteiger charge is 2.28. The second kappa shape index (κ2) is 8.20. The maximum absolute atomic E-state index is 12.3. The molecule has 0 saturated carbocycles. The quantitative estimate of drug-likeness (QED) is 0.808. The summed E-state index contributed by atoms with van der Waals surface area (Å²) in [7, 11) is 3.57. The number of carbonyl (C=O) groups is 1. The van der Waals surface area contributed by atoms with Gasteiger partial charge in [0.2, 0.25) is 0 Å². The second-order valence-corrected chi connectivity index (χ2v) is 5.96. The molecule has 0 spiro atoms. The summed E-state index contributed by atoms with van der Waals surface area (Å²) in [4.78, 5) is 16.6. The normalized spacial score (nSPS) is 17.0. The molecule has 0 aliphatic carbocycles. The van der Waals surface area contributed by atoms with Crippen LogP contribution >= 0.6 is 0 Å². The monoisotopic (exact) mass is 320 g/mol. The Bertz CT molecular complexity index is 495. The molecule has 1 amide bonds. The second-order valence-electron chi connectivity index (χ2n) is 5.96. The van der Waals surface area contributed by atoms with Crippen molar-refractivity contribution in [3.8, 4) is 5.75 Å². The van der Waals surface area contributed by atoms with Gasteiger partial charge in [-0.05, 0) is 51.0 Å². The van der Waals surface area contributed by atoms with Crippen LogP contribution in [0.25, 0.3) is 0 Å². The van der Waals surface area contributed by atoms with E-state index < -0.39 is 0 Å². The summed E-state index contributed by atoms with van der Waals surface area (Å²) in [6.45, 7) is 6.22. The third-order valence-corrected chi connectivity index (χ3v) is 4.56. The highest BCUT2D eigenvalue weighted by molar-refractivity contribution is 5.80. The number of amides is 1. The highest BCUT2D eigenvalue weighted by Crippen LogP contribution is 2.24. The summed E-state index contributed by atoms with van der Waals surface area (Å²) < 4.78 is 10.6. The number of hydrogen-bond donors (Lipinski definition) is 0. The molecule has 5 heteroatoms. The van der Waals surface area contributed by atoms with Gasteiger partial charge in [-0.2, -0.15) is 0 Å². The largest absolute Gasteiger partial charge is 0.497 e. The predicted molar refractivity (Wildman–Crippen MR) is 92.1 cm³/mol. The first-order valence-electron chi connectivity index (χ1n) is 8.34. The van der Waals surface area contributed by atoms with Crippen molar-refractivity contribution in [3.63, 3.8) is 0 Å². The first-order chi connectivity index (χ1) is 11.1. The van der Waals surface area contributed by atoms with Crippen molar-refractivity contribution in [1.29, 1.82) is 0 Å². The van der Waals surface area contributed by atoms with Crippen molar-refractivity contribution < 1.29 is 14.3 Å². The van der Waals surface area contributed by atoms with Gasteiger partial charge in [-0.3, -0.25) is 4.79 Å². The zero-order valence-corrected chi connectivity index (χ0v) is 14.6. The topological polar surface area (TPSA) is 42.0 Å². The van der Waals surface area contributed by atoms with Gasteiger partial charge in [0.1, 0.15) is 11.9 Å². The van der Waals surface area contributed by atoms with E-state index in [-0.39, 0.29) is 12.0 Å². The summed E-state index contributed by atoms with van der Waals surface area (Å²) in [6.07, 6.45) is 1.60. The summed E-state index contributed by atoms with van der Waals surface area (Å²) >= 11 is 0. The van der Waals surface area contributed by atoms with Gasteiger partial charge in [-0.15, -0.1) is 0 Å². The molecule has 2 rings (SSSR count). The summed E-state index contributed by atoms with van der Waals surface area (Å²) in [5.41, 5.74) is 1.21. The van der Waals surface area contributed by atoms with E-state index in [4.69, 9.17) is 9.47 Å². The molecule has 23 heavy (non-hydrogen) atoms. The first kappa shape index (κ1) is 17.6. The molecule has 1 fully saturated rings. The zero-order chi connectivity index (χ0) is 16.8. The Morgan fingerprint density at radius 1 is 1.30 bits per heavy atom. The third kappa shape index (κ3) is 4.38. The minimum Gasteiger partial charge on any atom is -0.497 e. The van der Waals surface area contributed by atoms with Gasteiger partial charge in [-0.1, -0.05) is 0 Å². The Morgan fingerprint density at radius 3 is 2.43 bits per heavy atom. The van der Waals surface area contributed by atoms with Crippen LogP contribution in [0.4, 0.5) is 5.69 Å². The van der Waals surface area contributed by atoms with E-state index in [0.717, 1.165) is 31.7 Å². The molecule has 1 aliphatic heterocycles. The van der Waals surface area contributed by atoms with E-state index in [0.29, 0.717) is 12.6 Å². The van der Waals surface area contributed by atoms with E-state index in [1.807, 2.05) is 37.9 Å². The van der Waals surface area contributed by atoms with Gasteiger partial charge in [-0.25, -0.2) is 0 Å². The molecule has 1 saturated heterocycles. The number of nitrogens with zero attached hydrogens (tertiary/aromatic N) is 2. The molecular weight excluding hydrogens is 292 g/mol. The standard InChI is InChI=1S/C18H28N2O3/c1-5-23-14(2)18(21)19(3)15-10-12-20(13-11-15)16-6-8-17(22-4)9-7-16/h6-9,14-15H,5,10-13H2,1-4H3/t14-/m1/s1. The Hall–Kier alpha value is -1.75. The van der Waals surface area contributed by atoms with E-state index >= 15 is 0 Å². The number of carbonyl (C=O) groups excluding carboxylic acids is 1. The Labute approximate surface area is 139 Å². The van der Waals surface area contributed by atoms with E-state index in [2.05, 4.69) is 17.0 Å². The average Bonchev–Trinajstić information content (AvgIpc) is 2.61. The van der Waals surface area contributed by atoms with Gasteiger partial charge in [0.15, 0.2) is 0 Å².